The summed E-state index contributed by atoms with van der Waals surface area (Å²) in [5, 5.41) is 10.3. The maximum Gasteiger partial charge on any atom is 0.151 e. The summed E-state index contributed by atoms with van der Waals surface area (Å²) in [4.78, 5) is 7.66. The molecule has 5 nitrogen and oxygen atoms in total. The summed E-state index contributed by atoms with van der Waals surface area (Å²) in [6.45, 7) is 7.60. The third-order valence-corrected chi connectivity index (χ3v) is 6.82. The number of aliphatic hydroxyl groups is 1. The molecule has 0 aromatic carbocycles. The van der Waals surface area contributed by atoms with Crippen molar-refractivity contribution >= 4 is 21.2 Å². The minimum atomic E-state index is -2.90. The SMILES string of the molecule is CC(C)(C)c1ncc(CN(CCO)C2CCS(=O)(=O)C2)s1. The zero-order valence-corrected chi connectivity index (χ0v) is 14.5. The first-order chi connectivity index (χ1) is 9.71. The molecule has 1 aromatic rings. The van der Waals surface area contributed by atoms with E-state index in [0.717, 1.165) is 9.88 Å². The highest BCUT2D eigenvalue weighted by atomic mass is 32.2. The lowest BCUT2D eigenvalue weighted by Crippen LogP contribution is -2.37. The Morgan fingerprint density at radius 1 is 1.48 bits per heavy atom. The van der Waals surface area contributed by atoms with E-state index in [1.165, 1.54) is 0 Å². The molecule has 0 aliphatic carbocycles. The highest BCUT2D eigenvalue weighted by molar-refractivity contribution is 7.91. The monoisotopic (exact) mass is 332 g/mol. The van der Waals surface area contributed by atoms with Crippen LogP contribution in [0.15, 0.2) is 6.20 Å². The summed E-state index contributed by atoms with van der Waals surface area (Å²) in [5.41, 5.74) is 0.0292. The van der Waals surface area contributed by atoms with Crippen LogP contribution in [-0.4, -0.2) is 54.1 Å². The summed E-state index contributed by atoms with van der Waals surface area (Å²) < 4.78 is 23.3. The van der Waals surface area contributed by atoms with E-state index >= 15 is 0 Å². The molecule has 7 heteroatoms. The van der Waals surface area contributed by atoms with E-state index in [0.29, 0.717) is 19.5 Å². The second-order valence-corrected chi connectivity index (χ2v) is 9.98. The van der Waals surface area contributed by atoms with Crippen LogP contribution < -0.4 is 0 Å². The van der Waals surface area contributed by atoms with Crippen LogP contribution in [0.1, 0.15) is 37.1 Å². The van der Waals surface area contributed by atoms with Crippen molar-refractivity contribution in [1.82, 2.24) is 9.88 Å². The summed E-state index contributed by atoms with van der Waals surface area (Å²) in [6, 6.07) is 0.0161. The Morgan fingerprint density at radius 3 is 2.67 bits per heavy atom. The molecule has 21 heavy (non-hydrogen) atoms. The molecule has 1 N–H and O–H groups in total. The van der Waals surface area contributed by atoms with Crippen LogP contribution in [0, 0.1) is 0 Å². The number of hydrogen-bond donors (Lipinski definition) is 1. The van der Waals surface area contributed by atoms with Gasteiger partial charge in [0, 0.05) is 35.6 Å². The van der Waals surface area contributed by atoms with Crippen LogP contribution in [0.5, 0.6) is 0 Å². The van der Waals surface area contributed by atoms with Crippen molar-refractivity contribution in [2.24, 2.45) is 0 Å². The van der Waals surface area contributed by atoms with Gasteiger partial charge in [-0.05, 0) is 6.42 Å². The van der Waals surface area contributed by atoms with Gasteiger partial charge in [0.05, 0.1) is 23.1 Å². The zero-order chi connectivity index (χ0) is 15.7. The molecule has 1 atom stereocenters. The van der Waals surface area contributed by atoms with E-state index < -0.39 is 9.84 Å². The fourth-order valence-corrected chi connectivity index (χ4v) is 5.27. The van der Waals surface area contributed by atoms with Crippen molar-refractivity contribution < 1.29 is 13.5 Å². The molecule has 0 radical (unpaired) electrons. The lowest BCUT2D eigenvalue weighted by Gasteiger charge is -2.26. The molecular formula is C14H24N2O3S2. The van der Waals surface area contributed by atoms with Crippen LogP contribution >= 0.6 is 11.3 Å². The van der Waals surface area contributed by atoms with Crippen LogP contribution in [-0.2, 0) is 21.8 Å². The predicted molar refractivity (Wildman–Crippen MR) is 85.4 cm³/mol. The van der Waals surface area contributed by atoms with E-state index in [1.54, 1.807) is 11.3 Å². The lowest BCUT2D eigenvalue weighted by molar-refractivity contribution is 0.155. The second kappa shape index (κ2) is 6.32. The number of aliphatic hydroxyl groups excluding tert-OH is 1. The smallest absolute Gasteiger partial charge is 0.151 e. The van der Waals surface area contributed by atoms with Crippen molar-refractivity contribution in [1.29, 1.82) is 0 Å². The number of aromatic nitrogens is 1. The molecule has 1 fully saturated rings. The first-order valence-corrected chi connectivity index (χ1v) is 9.85. The van der Waals surface area contributed by atoms with Gasteiger partial charge < -0.3 is 5.11 Å². The standard InChI is InChI=1S/C14H24N2O3S2/c1-14(2,3)13-15-8-12(20-13)9-16(5-6-17)11-4-7-21(18,19)10-11/h8,11,17H,4-7,9-10H2,1-3H3. The molecule has 1 saturated heterocycles. The Hall–Kier alpha value is -0.500. The normalized spacial score (nSPS) is 22.0. The Labute approximate surface area is 130 Å². The summed E-state index contributed by atoms with van der Waals surface area (Å²) >= 11 is 1.67. The molecule has 1 aliphatic heterocycles. The van der Waals surface area contributed by atoms with E-state index in [9.17, 15) is 13.5 Å². The van der Waals surface area contributed by atoms with Gasteiger partial charge in [0.1, 0.15) is 0 Å². The summed E-state index contributed by atoms with van der Waals surface area (Å²) in [5.74, 6) is 0.466. The van der Waals surface area contributed by atoms with Crippen LogP contribution in [0.4, 0.5) is 0 Å². The van der Waals surface area contributed by atoms with Gasteiger partial charge in [-0.1, -0.05) is 20.8 Å². The Balaban J connectivity index is 2.08. The number of thiazole rings is 1. The quantitative estimate of drug-likeness (QED) is 0.883. The van der Waals surface area contributed by atoms with E-state index in [1.807, 2.05) is 6.20 Å². The summed E-state index contributed by atoms with van der Waals surface area (Å²) in [7, 11) is -2.90. The molecular weight excluding hydrogens is 308 g/mol. The van der Waals surface area contributed by atoms with E-state index in [4.69, 9.17) is 0 Å². The third kappa shape index (κ3) is 4.48. The highest BCUT2D eigenvalue weighted by Gasteiger charge is 2.32. The van der Waals surface area contributed by atoms with Crippen molar-refractivity contribution in [3.8, 4) is 0 Å². The highest BCUT2D eigenvalue weighted by Crippen LogP contribution is 2.28. The molecule has 0 saturated carbocycles. The number of sulfone groups is 1. The predicted octanol–water partition coefficient (Wildman–Crippen LogP) is 1.42. The molecule has 2 rings (SSSR count). The van der Waals surface area contributed by atoms with Gasteiger partial charge in [-0.15, -0.1) is 11.3 Å². The second-order valence-electron chi connectivity index (χ2n) is 6.63. The lowest BCUT2D eigenvalue weighted by atomic mass is 9.98. The largest absolute Gasteiger partial charge is 0.395 e. The van der Waals surface area contributed by atoms with Crippen LogP contribution in [0.25, 0.3) is 0 Å². The minimum Gasteiger partial charge on any atom is -0.395 e. The molecule has 1 unspecified atom stereocenters. The van der Waals surface area contributed by atoms with E-state index in [2.05, 4.69) is 30.7 Å². The maximum atomic E-state index is 11.6. The van der Waals surface area contributed by atoms with Gasteiger partial charge in [-0.3, -0.25) is 4.90 Å². The molecule has 2 heterocycles. The van der Waals surface area contributed by atoms with Crippen molar-refractivity contribution in [2.75, 3.05) is 24.7 Å². The number of hydrogen-bond acceptors (Lipinski definition) is 6. The van der Waals surface area contributed by atoms with Crippen molar-refractivity contribution in [3.63, 3.8) is 0 Å². The maximum absolute atomic E-state index is 11.6. The van der Waals surface area contributed by atoms with Gasteiger partial charge in [0.15, 0.2) is 9.84 Å². The first kappa shape index (κ1) is 16.9. The minimum absolute atomic E-state index is 0.0161. The van der Waals surface area contributed by atoms with Gasteiger partial charge >= 0.3 is 0 Å². The molecule has 0 amide bonds. The van der Waals surface area contributed by atoms with Gasteiger partial charge in [0.25, 0.3) is 0 Å². The topological polar surface area (TPSA) is 70.5 Å². The van der Waals surface area contributed by atoms with Gasteiger partial charge in [0.2, 0.25) is 0 Å². The van der Waals surface area contributed by atoms with Crippen molar-refractivity contribution in [2.45, 2.75) is 45.2 Å². The Kier molecular flexibility index (Phi) is 5.07. The first-order valence-electron chi connectivity index (χ1n) is 7.22. The summed E-state index contributed by atoms with van der Waals surface area (Å²) in [6.07, 6.45) is 2.53. The van der Waals surface area contributed by atoms with Crippen molar-refractivity contribution in [3.05, 3.63) is 16.1 Å². The average molecular weight is 332 g/mol. The fourth-order valence-electron chi connectivity index (χ4n) is 2.51. The fraction of sp³-hybridized carbons (Fsp3) is 0.786. The molecule has 120 valence electrons. The van der Waals surface area contributed by atoms with Gasteiger partial charge in [-0.2, -0.15) is 0 Å². The zero-order valence-electron chi connectivity index (χ0n) is 12.9. The molecule has 0 spiro atoms. The number of rotatable bonds is 5. The van der Waals surface area contributed by atoms with E-state index in [-0.39, 0.29) is 29.6 Å². The number of nitrogens with zero attached hydrogens (tertiary/aromatic N) is 2. The van der Waals surface area contributed by atoms with Gasteiger partial charge in [-0.25, -0.2) is 13.4 Å². The third-order valence-electron chi connectivity index (χ3n) is 3.67. The Morgan fingerprint density at radius 2 is 2.19 bits per heavy atom. The average Bonchev–Trinajstić information content (AvgIpc) is 2.94. The Bertz CT molecular complexity index is 575. The molecule has 0 bridgehead atoms. The van der Waals surface area contributed by atoms with Crippen LogP contribution in [0.3, 0.4) is 0 Å². The molecule has 1 aromatic heterocycles. The van der Waals surface area contributed by atoms with Crippen LogP contribution in [0.2, 0.25) is 0 Å². The molecule has 1 aliphatic rings.